The Bertz CT molecular complexity index is 739. The first kappa shape index (κ1) is 20.7. The molecular weight excluding hydrogens is 385 g/mol. The SMILES string of the molecule is C[C@]12CC[C@H]3[C@@H](C/C(=N/O)C4C/C(=N/O[C@@H]5CCNC5)[C@H](F)C[C@@]43C)[C@@H]1CC[C@@H]2O. The van der Waals surface area contributed by atoms with Crippen molar-refractivity contribution in [2.24, 2.45) is 44.8 Å². The van der Waals surface area contributed by atoms with E-state index in [1.165, 1.54) is 0 Å². The van der Waals surface area contributed by atoms with Crippen LogP contribution >= 0.6 is 0 Å². The van der Waals surface area contributed by atoms with E-state index in [1.807, 2.05) is 0 Å². The summed E-state index contributed by atoms with van der Waals surface area (Å²) >= 11 is 0. The van der Waals surface area contributed by atoms with Gasteiger partial charge in [0.05, 0.1) is 17.5 Å². The molecule has 7 heteroatoms. The molecule has 4 saturated carbocycles. The van der Waals surface area contributed by atoms with Gasteiger partial charge in [0.1, 0.15) is 12.3 Å². The van der Waals surface area contributed by atoms with Crippen LogP contribution in [-0.2, 0) is 4.84 Å². The van der Waals surface area contributed by atoms with Crippen LogP contribution in [0.1, 0.15) is 65.2 Å². The number of hydrogen-bond acceptors (Lipinski definition) is 6. The molecule has 9 atom stereocenters. The molecule has 5 rings (SSSR count). The molecule has 0 radical (unpaired) electrons. The number of hydrogen-bond donors (Lipinski definition) is 3. The van der Waals surface area contributed by atoms with Gasteiger partial charge in [-0.1, -0.05) is 24.2 Å². The first-order valence-electron chi connectivity index (χ1n) is 11.8. The van der Waals surface area contributed by atoms with Gasteiger partial charge in [0, 0.05) is 25.3 Å². The van der Waals surface area contributed by atoms with Crippen LogP contribution in [0.5, 0.6) is 0 Å². The normalized spacial score (nSPS) is 53.4. The first-order valence-corrected chi connectivity index (χ1v) is 11.8. The summed E-state index contributed by atoms with van der Waals surface area (Å²) in [7, 11) is 0. The zero-order valence-corrected chi connectivity index (χ0v) is 18.2. The van der Waals surface area contributed by atoms with Crippen molar-refractivity contribution in [2.45, 2.75) is 83.6 Å². The van der Waals surface area contributed by atoms with Crippen LogP contribution in [0.2, 0.25) is 0 Å². The van der Waals surface area contributed by atoms with Gasteiger partial charge in [-0.3, -0.25) is 0 Å². The van der Waals surface area contributed by atoms with E-state index < -0.39 is 6.17 Å². The topological polar surface area (TPSA) is 86.4 Å². The molecule has 168 valence electrons. The summed E-state index contributed by atoms with van der Waals surface area (Å²) in [5.74, 6) is 1.19. The highest BCUT2D eigenvalue weighted by molar-refractivity contribution is 5.97. The molecule has 1 heterocycles. The first-order chi connectivity index (χ1) is 14.4. The van der Waals surface area contributed by atoms with Gasteiger partial charge < -0.3 is 20.5 Å². The van der Waals surface area contributed by atoms with E-state index in [-0.39, 0.29) is 29.0 Å². The number of fused-ring (bicyclic) bond motifs is 5. The summed E-state index contributed by atoms with van der Waals surface area (Å²) in [6, 6.07) is 0. The standard InChI is InChI=1S/C23H36FN3O3/c1-22-7-5-16-14(15(22)3-4-21(22)28)9-19(26-29)17-10-20(18(24)11-23(16,17)2)27-30-13-6-8-25-12-13/h13-18,21,25,28-29H,3-12H2,1-2H3/b26-19-,27-20-/t13-,14+,15+,16+,17?,18-,21+,22+,23-/m1/s1. The predicted octanol–water partition coefficient (Wildman–Crippen LogP) is 3.51. The van der Waals surface area contributed by atoms with E-state index in [4.69, 9.17) is 4.84 Å². The molecule has 3 N–H and O–H groups in total. The molecule has 5 fully saturated rings. The Balaban J connectivity index is 1.41. The molecular formula is C23H36FN3O3. The smallest absolute Gasteiger partial charge is 0.142 e. The Kier molecular flexibility index (Phi) is 5.13. The highest BCUT2D eigenvalue weighted by Crippen LogP contribution is 2.65. The number of nitrogens with one attached hydrogen (secondary N) is 1. The zero-order chi connectivity index (χ0) is 21.1. The van der Waals surface area contributed by atoms with Crippen molar-refractivity contribution >= 4 is 11.4 Å². The molecule has 1 aliphatic heterocycles. The number of rotatable bonds is 2. The Morgan fingerprint density at radius 2 is 1.87 bits per heavy atom. The van der Waals surface area contributed by atoms with Crippen molar-refractivity contribution in [1.82, 2.24) is 5.32 Å². The molecule has 4 aliphatic carbocycles. The van der Waals surface area contributed by atoms with Gasteiger partial charge in [0.15, 0.2) is 0 Å². The average molecular weight is 422 g/mol. The number of halogens is 1. The molecule has 0 amide bonds. The molecule has 0 spiro atoms. The maximum absolute atomic E-state index is 15.4. The number of aliphatic hydroxyl groups excluding tert-OH is 1. The Hall–Kier alpha value is -1.21. The van der Waals surface area contributed by atoms with E-state index in [1.54, 1.807) is 0 Å². The number of oxime groups is 2. The zero-order valence-electron chi connectivity index (χ0n) is 18.2. The lowest BCUT2D eigenvalue weighted by molar-refractivity contribution is -0.0898. The quantitative estimate of drug-likeness (QED) is 0.470. The van der Waals surface area contributed by atoms with Crippen molar-refractivity contribution in [3.05, 3.63) is 0 Å². The van der Waals surface area contributed by atoms with Crippen molar-refractivity contribution in [1.29, 1.82) is 0 Å². The van der Waals surface area contributed by atoms with Crippen molar-refractivity contribution < 1.29 is 19.5 Å². The minimum atomic E-state index is -1.11. The molecule has 0 aromatic heterocycles. The lowest BCUT2D eigenvalue weighted by Gasteiger charge is -2.60. The Labute approximate surface area is 178 Å². The van der Waals surface area contributed by atoms with Gasteiger partial charge in [-0.15, -0.1) is 0 Å². The number of aliphatic hydroxyl groups is 1. The minimum absolute atomic E-state index is 0.00971. The van der Waals surface area contributed by atoms with Gasteiger partial charge in [-0.25, -0.2) is 4.39 Å². The highest BCUT2D eigenvalue weighted by atomic mass is 19.1. The molecule has 0 bridgehead atoms. The van der Waals surface area contributed by atoms with Crippen LogP contribution in [-0.4, -0.2) is 53.2 Å². The fourth-order valence-corrected chi connectivity index (χ4v) is 7.94. The average Bonchev–Trinajstić information content (AvgIpc) is 3.34. The second-order valence-electron chi connectivity index (χ2n) is 11.0. The maximum Gasteiger partial charge on any atom is 0.142 e. The number of nitrogens with zero attached hydrogens (tertiary/aromatic N) is 2. The van der Waals surface area contributed by atoms with Crippen LogP contribution < -0.4 is 5.32 Å². The molecule has 5 aliphatic rings. The molecule has 1 saturated heterocycles. The van der Waals surface area contributed by atoms with Crippen LogP contribution in [0.3, 0.4) is 0 Å². The largest absolute Gasteiger partial charge is 0.411 e. The third-order valence-electron chi connectivity index (χ3n) is 9.73. The summed E-state index contributed by atoms with van der Waals surface area (Å²) in [5.41, 5.74) is 0.976. The third-order valence-corrected chi connectivity index (χ3v) is 9.73. The molecule has 1 unspecified atom stereocenters. The van der Waals surface area contributed by atoms with E-state index in [0.29, 0.717) is 36.3 Å². The van der Waals surface area contributed by atoms with Gasteiger partial charge in [0.25, 0.3) is 0 Å². The van der Waals surface area contributed by atoms with E-state index in [2.05, 4.69) is 29.5 Å². The van der Waals surface area contributed by atoms with Crippen LogP contribution in [0.25, 0.3) is 0 Å². The van der Waals surface area contributed by atoms with Gasteiger partial charge in [0.2, 0.25) is 0 Å². The lowest BCUT2D eigenvalue weighted by atomic mass is 9.44. The summed E-state index contributed by atoms with van der Waals surface area (Å²) < 4.78 is 15.4. The van der Waals surface area contributed by atoms with Gasteiger partial charge in [-0.05, 0) is 73.7 Å². The van der Waals surface area contributed by atoms with Crippen LogP contribution in [0.15, 0.2) is 10.3 Å². The van der Waals surface area contributed by atoms with Crippen LogP contribution in [0.4, 0.5) is 4.39 Å². The number of alkyl halides is 1. The molecule has 30 heavy (non-hydrogen) atoms. The van der Waals surface area contributed by atoms with Crippen molar-refractivity contribution in [3.63, 3.8) is 0 Å². The van der Waals surface area contributed by atoms with E-state index in [9.17, 15) is 10.3 Å². The molecule has 6 nitrogen and oxygen atoms in total. The molecule has 0 aromatic carbocycles. The van der Waals surface area contributed by atoms with Gasteiger partial charge in [-0.2, -0.15) is 0 Å². The summed E-state index contributed by atoms with van der Waals surface area (Å²) in [6.07, 6.45) is 5.10. The van der Waals surface area contributed by atoms with E-state index >= 15 is 4.39 Å². The van der Waals surface area contributed by atoms with Crippen LogP contribution in [0, 0.1) is 34.5 Å². The molecule has 0 aromatic rings. The fraction of sp³-hybridized carbons (Fsp3) is 0.913. The second-order valence-corrected chi connectivity index (χ2v) is 11.0. The van der Waals surface area contributed by atoms with Crippen molar-refractivity contribution in [2.75, 3.05) is 13.1 Å². The fourth-order valence-electron chi connectivity index (χ4n) is 7.94. The highest BCUT2D eigenvalue weighted by Gasteiger charge is 2.62. The Morgan fingerprint density at radius 1 is 1.07 bits per heavy atom. The minimum Gasteiger partial charge on any atom is -0.411 e. The predicted molar refractivity (Wildman–Crippen MR) is 112 cm³/mol. The summed E-state index contributed by atoms with van der Waals surface area (Å²) in [5, 5.41) is 31.8. The van der Waals surface area contributed by atoms with Crippen molar-refractivity contribution in [3.8, 4) is 0 Å². The van der Waals surface area contributed by atoms with E-state index in [0.717, 1.165) is 57.3 Å². The summed E-state index contributed by atoms with van der Waals surface area (Å²) in [4.78, 5) is 5.64. The second kappa shape index (κ2) is 7.44. The Morgan fingerprint density at radius 3 is 2.60 bits per heavy atom. The van der Waals surface area contributed by atoms with Gasteiger partial charge >= 0.3 is 0 Å². The third kappa shape index (κ3) is 3.02. The maximum atomic E-state index is 15.4. The monoisotopic (exact) mass is 421 g/mol. The lowest BCUT2D eigenvalue weighted by Crippen LogP contribution is -2.58. The summed E-state index contributed by atoms with van der Waals surface area (Å²) in [6.45, 7) is 6.11.